The molecule has 2 aromatic rings. The van der Waals surface area contributed by atoms with Crippen LogP contribution in [0, 0.1) is 6.92 Å². The smallest absolute Gasteiger partial charge is 0.267 e. The molecule has 2 amide bonds. The van der Waals surface area contributed by atoms with Gasteiger partial charge in [0.1, 0.15) is 11.2 Å². The van der Waals surface area contributed by atoms with Crippen molar-refractivity contribution < 1.29 is 14.0 Å². The van der Waals surface area contributed by atoms with E-state index in [1.54, 1.807) is 6.92 Å². The van der Waals surface area contributed by atoms with E-state index in [0.717, 1.165) is 16.7 Å². The number of hydrogen-bond donors (Lipinski definition) is 2. The summed E-state index contributed by atoms with van der Waals surface area (Å²) in [7, 11) is 0. The summed E-state index contributed by atoms with van der Waals surface area (Å²) in [5, 5.41) is 6.53. The Balaban J connectivity index is 1.65. The van der Waals surface area contributed by atoms with Crippen LogP contribution in [0.4, 0.5) is 0 Å². The molecule has 21 heavy (non-hydrogen) atoms. The Morgan fingerprint density at radius 3 is 3.05 bits per heavy atom. The predicted molar refractivity (Wildman–Crippen MR) is 75.4 cm³/mol. The van der Waals surface area contributed by atoms with E-state index in [2.05, 4.69) is 20.8 Å². The molecule has 1 aliphatic rings. The van der Waals surface area contributed by atoms with Crippen molar-refractivity contribution in [3.63, 3.8) is 0 Å². The molecule has 0 atom stereocenters. The number of benzene rings is 1. The van der Waals surface area contributed by atoms with Crippen molar-refractivity contribution in [1.82, 2.24) is 15.7 Å². The Morgan fingerprint density at radius 1 is 1.43 bits per heavy atom. The summed E-state index contributed by atoms with van der Waals surface area (Å²) < 4.78 is 5.40. The van der Waals surface area contributed by atoms with Crippen molar-refractivity contribution in [3.8, 4) is 0 Å². The minimum absolute atomic E-state index is 0.168. The molecule has 0 fully saturated rings. The summed E-state index contributed by atoms with van der Waals surface area (Å²) in [5.74, 6) is 0.170. The molecule has 0 saturated heterocycles. The van der Waals surface area contributed by atoms with Crippen LogP contribution >= 0.6 is 0 Å². The van der Waals surface area contributed by atoms with E-state index in [9.17, 15) is 9.59 Å². The van der Waals surface area contributed by atoms with Gasteiger partial charge in [-0.3, -0.25) is 9.59 Å². The molecule has 7 nitrogen and oxygen atoms in total. The molecular formula is C14H14N4O3. The van der Waals surface area contributed by atoms with Crippen LogP contribution in [0.1, 0.15) is 24.3 Å². The van der Waals surface area contributed by atoms with E-state index in [-0.39, 0.29) is 18.2 Å². The highest BCUT2D eigenvalue weighted by Gasteiger charge is 2.17. The SMILES string of the molecule is Cc1nc2cc(CNC(=O)C3=NNC(=O)CC3)ccc2o1. The van der Waals surface area contributed by atoms with E-state index in [1.165, 1.54) is 0 Å². The number of hydrogen-bond acceptors (Lipinski definition) is 5. The molecule has 7 heteroatoms. The Hall–Kier alpha value is -2.70. The fraction of sp³-hybridized carbons (Fsp3) is 0.286. The lowest BCUT2D eigenvalue weighted by molar-refractivity contribution is -0.121. The van der Waals surface area contributed by atoms with Crippen LogP contribution < -0.4 is 10.7 Å². The Bertz CT molecular complexity index is 748. The van der Waals surface area contributed by atoms with Gasteiger partial charge in [0.05, 0.1) is 0 Å². The summed E-state index contributed by atoms with van der Waals surface area (Å²) in [6.45, 7) is 2.16. The average Bonchev–Trinajstić information content (AvgIpc) is 2.84. The van der Waals surface area contributed by atoms with E-state index in [4.69, 9.17) is 4.42 Å². The third-order valence-corrected chi connectivity index (χ3v) is 3.18. The molecule has 0 spiro atoms. The van der Waals surface area contributed by atoms with Crippen molar-refractivity contribution in [2.45, 2.75) is 26.3 Å². The molecule has 0 saturated carbocycles. The summed E-state index contributed by atoms with van der Waals surface area (Å²) in [4.78, 5) is 27.1. The molecule has 2 heterocycles. The summed E-state index contributed by atoms with van der Waals surface area (Å²) in [6.07, 6.45) is 0.648. The first-order chi connectivity index (χ1) is 10.1. The van der Waals surface area contributed by atoms with Crippen molar-refractivity contribution in [2.24, 2.45) is 5.10 Å². The molecule has 0 unspecified atom stereocenters. The first-order valence-electron chi connectivity index (χ1n) is 6.61. The minimum Gasteiger partial charge on any atom is -0.441 e. The quantitative estimate of drug-likeness (QED) is 0.880. The highest BCUT2D eigenvalue weighted by molar-refractivity contribution is 6.39. The normalized spacial score (nSPS) is 14.7. The molecule has 0 bridgehead atoms. The number of carbonyl (C=O) groups is 2. The van der Waals surface area contributed by atoms with Gasteiger partial charge in [-0.05, 0) is 17.7 Å². The van der Waals surface area contributed by atoms with Gasteiger partial charge in [0.15, 0.2) is 11.5 Å². The maximum atomic E-state index is 11.9. The lowest BCUT2D eigenvalue weighted by Crippen LogP contribution is -2.36. The van der Waals surface area contributed by atoms with Crippen molar-refractivity contribution in [3.05, 3.63) is 29.7 Å². The van der Waals surface area contributed by atoms with Gasteiger partial charge in [-0.15, -0.1) is 0 Å². The molecule has 1 aromatic carbocycles. The van der Waals surface area contributed by atoms with Gasteiger partial charge in [0, 0.05) is 26.3 Å². The fourth-order valence-corrected chi connectivity index (χ4v) is 2.12. The predicted octanol–water partition coefficient (Wildman–Crippen LogP) is 1.02. The van der Waals surface area contributed by atoms with Crippen molar-refractivity contribution in [1.29, 1.82) is 0 Å². The molecule has 0 aliphatic carbocycles. The van der Waals surface area contributed by atoms with Gasteiger partial charge in [-0.1, -0.05) is 6.07 Å². The second kappa shape index (κ2) is 5.35. The molecule has 0 radical (unpaired) electrons. The van der Waals surface area contributed by atoms with Crippen molar-refractivity contribution in [2.75, 3.05) is 0 Å². The second-order valence-corrected chi connectivity index (χ2v) is 4.81. The monoisotopic (exact) mass is 286 g/mol. The lowest BCUT2D eigenvalue weighted by atomic mass is 10.1. The number of oxazole rings is 1. The summed E-state index contributed by atoms with van der Waals surface area (Å²) >= 11 is 0. The number of nitrogens with zero attached hydrogens (tertiary/aromatic N) is 2. The van der Waals surface area contributed by atoms with Crippen LogP contribution in [0.25, 0.3) is 11.1 Å². The fourth-order valence-electron chi connectivity index (χ4n) is 2.12. The van der Waals surface area contributed by atoms with E-state index >= 15 is 0 Å². The number of carbonyl (C=O) groups excluding carboxylic acids is 2. The van der Waals surface area contributed by atoms with Crippen LogP contribution in [-0.4, -0.2) is 22.5 Å². The number of aromatic nitrogens is 1. The zero-order valence-electron chi connectivity index (χ0n) is 11.5. The van der Waals surface area contributed by atoms with Crippen LogP contribution in [0.3, 0.4) is 0 Å². The van der Waals surface area contributed by atoms with Gasteiger partial charge < -0.3 is 9.73 Å². The second-order valence-electron chi connectivity index (χ2n) is 4.81. The number of hydrazone groups is 1. The number of rotatable bonds is 3. The number of amides is 2. The van der Waals surface area contributed by atoms with E-state index in [0.29, 0.717) is 24.6 Å². The first kappa shape index (κ1) is 13.3. The zero-order chi connectivity index (χ0) is 14.8. The third-order valence-electron chi connectivity index (χ3n) is 3.18. The summed E-state index contributed by atoms with van der Waals surface area (Å²) in [5.41, 5.74) is 5.05. The highest BCUT2D eigenvalue weighted by atomic mass is 16.3. The summed E-state index contributed by atoms with van der Waals surface area (Å²) in [6, 6.07) is 5.57. The van der Waals surface area contributed by atoms with Gasteiger partial charge in [-0.25, -0.2) is 10.4 Å². The lowest BCUT2D eigenvalue weighted by Gasteiger charge is -2.11. The minimum atomic E-state index is -0.272. The van der Waals surface area contributed by atoms with Crippen LogP contribution in [0.5, 0.6) is 0 Å². The van der Waals surface area contributed by atoms with Crippen molar-refractivity contribution >= 4 is 28.6 Å². The van der Waals surface area contributed by atoms with Gasteiger partial charge in [-0.2, -0.15) is 5.10 Å². The van der Waals surface area contributed by atoms with Crippen LogP contribution in [0.15, 0.2) is 27.7 Å². The molecule has 1 aromatic heterocycles. The molecular weight excluding hydrogens is 272 g/mol. The maximum absolute atomic E-state index is 11.9. The van der Waals surface area contributed by atoms with Gasteiger partial charge in [0.25, 0.3) is 5.91 Å². The Morgan fingerprint density at radius 2 is 2.29 bits per heavy atom. The third kappa shape index (κ3) is 2.91. The molecule has 2 N–H and O–H groups in total. The van der Waals surface area contributed by atoms with Crippen LogP contribution in [-0.2, 0) is 16.1 Å². The Kier molecular flexibility index (Phi) is 3.39. The van der Waals surface area contributed by atoms with E-state index < -0.39 is 0 Å². The first-order valence-corrected chi connectivity index (χ1v) is 6.61. The molecule has 108 valence electrons. The van der Waals surface area contributed by atoms with E-state index in [1.807, 2.05) is 18.2 Å². The van der Waals surface area contributed by atoms with Gasteiger partial charge in [0.2, 0.25) is 5.91 Å². The standard InChI is InChI=1S/C14H14N4O3/c1-8-16-11-6-9(2-4-12(11)21-8)7-15-14(20)10-3-5-13(19)18-17-10/h2,4,6H,3,5,7H2,1H3,(H,15,20)(H,18,19). The number of fused-ring (bicyclic) bond motifs is 1. The number of nitrogens with one attached hydrogen (secondary N) is 2. The molecule has 1 aliphatic heterocycles. The topological polar surface area (TPSA) is 96.6 Å². The average molecular weight is 286 g/mol. The largest absolute Gasteiger partial charge is 0.441 e. The van der Waals surface area contributed by atoms with Crippen LogP contribution in [0.2, 0.25) is 0 Å². The number of aryl methyl sites for hydroxylation is 1. The Labute approximate surface area is 120 Å². The molecule has 3 rings (SSSR count). The zero-order valence-corrected chi connectivity index (χ0v) is 11.5. The highest BCUT2D eigenvalue weighted by Crippen LogP contribution is 2.16. The van der Waals surface area contributed by atoms with Gasteiger partial charge >= 0.3 is 0 Å². The maximum Gasteiger partial charge on any atom is 0.267 e.